The number of aryl methyl sites for hydroxylation is 1. The molecule has 0 spiro atoms. The SMILES string of the molecule is Cn1cc(NCc2cccc(C#N)c2F)cn1. The summed E-state index contributed by atoms with van der Waals surface area (Å²) in [5, 5.41) is 15.7. The minimum atomic E-state index is -0.466. The number of anilines is 1. The lowest BCUT2D eigenvalue weighted by Crippen LogP contribution is -2.02. The molecule has 2 aromatic rings. The molecule has 0 saturated carbocycles. The van der Waals surface area contributed by atoms with E-state index in [4.69, 9.17) is 5.26 Å². The fourth-order valence-corrected chi connectivity index (χ4v) is 1.51. The highest BCUT2D eigenvalue weighted by Gasteiger charge is 2.07. The zero-order valence-corrected chi connectivity index (χ0v) is 9.31. The number of benzene rings is 1. The highest BCUT2D eigenvalue weighted by molar-refractivity contribution is 5.41. The standard InChI is InChI=1S/C12H11FN4/c1-17-8-11(7-16-17)15-6-10-4-2-3-9(5-14)12(10)13/h2-4,7-8,15H,6H2,1H3. The third kappa shape index (κ3) is 2.42. The molecule has 1 N–H and O–H groups in total. The molecule has 0 atom stereocenters. The summed E-state index contributed by atoms with van der Waals surface area (Å²) in [4.78, 5) is 0. The van der Waals surface area contributed by atoms with E-state index in [0.717, 1.165) is 5.69 Å². The summed E-state index contributed by atoms with van der Waals surface area (Å²) in [6.07, 6.45) is 3.46. The van der Waals surface area contributed by atoms with E-state index in [-0.39, 0.29) is 5.56 Å². The Hall–Kier alpha value is -2.35. The average molecular weight is 230 g/mol. The van der Waals surface area contributed by atoms with Gasteiger partial charge < -0.3 is 5.32 Å². The minimum Gasteiger partial charge on any atom is -0.378 e. The molecular weight excluding hydrogens is 219 g/mol. The average Bonchev–Trinajstić information content (AvgIpc) is 2.74. The van der Waals surface area contributed by atoms with Gasteiger partial charge in [0.25, 0.3) is 0 Å². The van der Waals surface area contributed by atoms with Crippen LogP contribution in [-0.4, -0.2) is 9.78 Å². The van der Waals surface area contributed by atoms with Gasteiger partial charge in [0, 0.05) is 25.4 Å². The second kappa shape index (κ2) is 4.66. The van der Waals surface area contributed by atoms with E-state index in [0.29, 0.717) is 12.1 Å². The Kier molecular flexibility index (Phi) is 3.06. The summed E-state index contributed by atoms with van der Waals surface area (Å²) in [5.74, 6) is -0.466. The van der Waals surface area contributed by atoms with E-state index < -0.39 is 5.82 Å². The van der Waals surface area contributed by atoms with Crippen molar-refractivity contribution in [2.24, 2.45) is 7.05 Å². The Morgan fingerprint density at radius 1 is 1.53 bits per heavy atom. The largest absolute Gasteiger partial charge is 0.378 e. The second-order valence-electron chi connectivity index (χ2n) is 3.65. The molecule has 0 saturated heterocycles. The summed E-state index contributed by atoms with van der Waals surface area (Å²) < 4.78 is 15.4. The van der Waals surface area contributed by atoms with Crippen LogP contribution in [-0.2, 0) is 13.6 Å². The van der Waals surface area contributed by atoms with Crippen molar-refractivity contribution < 1.29 is 4.39 Å². The molecule has 0 radical (unpaired) electrons. The van der Waals surface area contributed by atoms with E-state index >= 15 is 0 Å². The maximum Gasteiger partial charge on any atom is 0.145 e. The minimum absolute atomic E-state index is 0.0653. The van der Waals surface area contributed by atoms with Crippen molar-refractivity contribution >= 4 is 5.69 Å². The van der Waals surface area contributed by atoms with E-state index in [1.54, 1.807) is 29.2 Å². The molecule has 0 aliphatic rings. The number of halogens is 1. The van der Waals surface area contributed by atoms with E-state index in [2.05, 4.69) is 10.4 Å². The number of nitrogens with zero attached hydrogens (tertiary/aromatic N) is 3. The zero-order valence-electron chi connectivity index (χ0n) is 9.31. The van der Waals surface area contributed by atoms with E-state index in [9.17, 15) is 4.39 Å². The van der Waals surface area contributed by atoms with Crippen molar-refractivity contribution in [2.75, 3.05) is 5.32 Å². The molecule has 86 valence electrons. The monoisotopic (exact) mass is 230 g/mol. The van der Waals surface area contributed by atoms with Gasteiger partial charge in [0.2, 0.25) is 0 Å². The number of hydrogen-bond donors (Lipinski definition) is 1. The third-order valence-corrected chi connectivity index (χ3v) is 2.39. The number of nitriles is 1. The molecule has 0 bridgehead atoms. The first-order chi connectivity index (χ1) is 8.20. The Morgan fingerprint density at radius 3 is 3.00 bits per heavy atom. The molecule has 4 nitrogen and oxygen atoms in total. The van der Waals surface area contributed by atoms with Gasteiger partial charge in [-0.3, -0.25) is 4.68 Å². The molecule has 0 fully saturated rings. The van der Waals surface area contributed by atoms with Crippen molar-refractivity contribution in [1.82, 2.24) is 9.78 Å². The topological polar surface area (TPSA) is 53.6 Å². The van der Waals surface area contributed by atoms with Crippen LogP contribution in [0.1, 0.15) is 11.1 Å². The molecule has 5 heteroatoms. The van der Waals surface area contributed by atoms with Crippen LogP contribution in [0.3, 0.4) is 0 Å². The van der Waals surface area contributed by atoms with Gasteiger partial charge >= 0.3 is 0 Å². The van der Waals surface area contributed by atoms with Crippen molar-refractivity contribution in [1.29, 1.82) is 5.26 Å². The summed E-state index contributed by atoms with van der Waals surface area (Å²) >= 11 is 0. The molecule has 1 heterocycles. The molecule has 2 rings (SSSR count). The van der Waals surface area contributed by atoms with Gasteiger partial charge in [-0.15, -0.1) is 0 Å². The smallest absolute Gasteiger partial charge is 0.145 e. The first kappa shape index (κ1) is 11.1. The maximum atomic E-state index is 13.7. The second-order valence-corrected chi connectivity index (χ2v) is 3.65. The number of rotatable bonds is 3. The van der Waals surface area contributed by atoms with Gasteiger partial charge in [0.1, 0.15) is 11.9 Å². The van der Waals surface area contributed by atoms with Gasteiger partial charge in [-0.1, -0.05) is 12.1 Å². The van der Waals surface area contributed by atoms with Crippen LogP contribution >= 0.6 is 0 Å². The summed E-state index contributed by atoms with van der Waals surface area (Å²) in [6, 6.07) is 6.60. The molecule has 1 aromatic carbocycles. The van der Waals surface area contributed by atoms with Gasteiger partial charge in [-0.05, 0) is 6.07 Å². The predicted molar refractivity (Wildman–Crippen MR) is 61.6 cm³/mol. The fraction of sp³-hybridized carbons (Fsp3) is 0.167. The van der Waals surface area contributed by atoms with Crippen LogP contribution < -0.4 is 5.32 Å². The lowest BCUT2D eigenvalue weighted by Gasteiger charge is -2.05. The van der Waals surface area contributed by atoms with Crippen molar-refractivity contribution in [3.63, 3.8) is 0 Å². The van der Waals surface area contributed by atoms with Crippen LogP contribution in [0.5, 0.6) is 0 Å². The molecular formula is C12H11FN4. The molecule has 1 aromatic heterocycles. The van der Waals surface area contributed by atoms with Gasteiger partial charge in [-0.25, -0.2) is 4.39 Å². The fourth-order valence-electron chi connectivity index (χ4n) is 1.51. The highest BCUT2D eigenvalue weighted by Crippen LogP contribution is 2.14. The van der Waals surface area contributed by atoms with Gasteiger partial charge in [-0.2, -0.15) is 10.4 Å². The van der Waals surface area contributed by atoms with Gasteiger partial charge in [0.05, 0.1) is 17.4 Å². The summed E-state index contributed by atoms with van der Waals surface area (Å²) in [7, 11) is 1.81. The van der Waals surface area contributed by atoms with Gasteiger partial charge in [0.15, 0.2) is 0 Å². The molecule has 0 aliphatic carbocycles. The quantitative estimate of drug-likeness (QED) is 0.877. The predicted octanol–water partition coefficient (Wildman–Crippen LogP) is 2.04. The van der Waals surface area contributed by atoms with Crippen LogP contribution in [0.25, 0.3) is 0 Å². The van der Waals surface area contributed by atoms with Crippen LogP contribution in [0.15, 0.2) is 30.6 Å². The van der Waals surface area contributed by atoms with E-state index in [1.807, 2.05) is 13.1 Å². The van der Waals surface area contributed by atoms with Crippen LogP contribution in [0.2, 0.25) is 0 Å². The maximum absolute atomic E-state index is 13.7. The van der Waals surface area contributed by atoms with Crippen molar-refractivity contribution in [3.05, 3.63) is 47.5 Å². The highest BCUT2D eigenvalue weighted by atomic mass is 19.1. The molecule has 0 amide bonds. The molecule has 0 aliphatic heterocycles. The Morgan fingerprint density at radius 2 is 2.35 bits per heavy atom. The van der Waals surface area contributed by atoms with Crippen molar-refractivity contribution in [3.8, 4) is 6.07 Å². The molecule has 0 unspecified atom stereocenters. The summed E-state index contributed by atoms with van der Waals surface area (Å²) in [6.45, 7) is 0.326. The number of nitrogens with one attached hydrogen (secondary N) is 1. The van der Waals surface area contributed by atoms with E-state index in [1.165, 1.54) is 6.07 Å². The lowest BCUT2D eigenvalue weighted by molar-refractivity contribution is 0.609. The third-order valence-electron chi connectivity index (χ3n) is 2.39. The first-order valence-corrected chi connectivity index (χ1v) is 5.10. The summed E-state index contributed by atoms with van der Waals surface area (Å²) in [5.41, 5.74) is 1.35. The molecule has 17 heavy (non-hydrogen) atoms. The Bertz CT molecular complexity index is 568. The van der Waals surface area contributed by atoms with Crippen molar-refractivity contribution in [2.45, 2.75) is 6.54 Å². The first-order valence-electron chi connectivity index (χ1n) is 5.10. The number of aromatic nitrogens is 2. The van der Waals surface area contributed by atoms with Crippen LogP contribution in [0, 0.1) is 17.1 Å². The van der Waals surface area contributed by atoms with Crippen LogP contribution in [0.4, 0.5) is 10.1 Å². The number of hydrogen-bond acceptors (Lipinski definition) is 3. The zero-order chi connectivity index (χ0) is 12.3. The Balaban J connectivity index is 2.12. The lowest BCUT2D eigenvalue weighted by atomic mass is 10.1. The Labute approximate surface area is 98.3 Å². The normalized spacial score (nSPS) is 9.94.